The molecule has 0 rings (SSSR count). The SMILES string of the molecule is CCCCCCS(=O)(=O)[O-].CCCC[N+](C)(CCCC)CCCC. The Morgan fingerprint density at radius 2 is 1.04 bits per heavy atom. The van der Waals surface area contributed by atoms with Crippen LogP contribution in [0.3, 0.4) is 0 Å². The van der Waals surface area contributed by atoms with Gasteiger partial charge in [-0.3, -0.25) is 0 Å². The van der Waals surface area contributed by atoms with Crippen molar-refractivity contribution in [2.45, 2.75) is 91.9 Å². The van der Waals surface area contributed by atoms with Crippen molar-refractivity contribution in [3.05, 3.63) is 0 Å². The van der Waals surface area contributed by atoms with Gasteiger partial charge in [0.05, 0.1) is 36.8 Å². The molecular weight excluding hydrogens is 322 g/mol. The predicted molar refractivity (Wildman–Crippen MR) is 104 cm³/mol. The van der Waals surface area contributed by atoms with Gasteiger partial charge in [-0.15, -0.1) is 0 Å². The molecule has 0 aromatic carbocycles. The van der Waals surface area contributed by atoms with Gasteiger partial charge in [-0.1, -0.05) is 66.2 Å². The molecule has 24 heavy (non-hydrogen) atoms. The molecule has 0 heterocycles. The lowest BCUT2D eigenvalue weighted by atomic mass is 10.2. The molecule has 0 amide bonds. The molecule has 0 atom stereocenters. The first kappa shape index (κ1) is 26.1. The maximum Gasteiger partial charge on any atom is 0.0945 e. The molecule has 0 aliphatic rings. The fraction of sp³-hybridized carbons (Fsp3) is 1.00. The third-order valence-electron chi connectivity index (χ3n) is 4.40. The Kier molecular flexibility index (Phi) is 17.8. The van der Waals surface area contributed by atoms with E-state index < -0.39 is 10.1 Å². The summed E-state index contributed by atoms with van der Waals surface area (Å²) in [5.74, 6) is -0.201. The average Bonchev–Trinajstić information content (AvgIpc) is 2.53. The van der Waals surface area contributed by atoms with E-state index in [0.29, 0.717) is 6.42 Å². The fourth-order valence-electron chi connectivity index (χ4n) is 2.66. The molecule has 4 nitrogen and oxygen atoms in total. The number of nitrogens with zero attached hydrogens (tertiary/aromatic N) is 1. The van der Waals surface area contributed by atoms with Crippen molar-refractivity contribution < 1.29 is 17.5 Å². The van der Waals surface area contributed by atoms with Crippen molar-refractivity contribution in [1.29, 1.82) is 0 Å². The van der Waals surface area contributed by atoms with Gasteiger partial charge in [0.2, 0.25) is 0 Å². The van der Waals surface area contributed by atoms with E-state index in [-0.39, 0.29) is 5.75 Å². The summed E-state index contributed by atoms with van der Waals surface area (Å²) in [5, 5.41) is 0. The van der Waals surface area contributed by atoms with E-state index in [9.17, 15) is 13.0 Å². The second-order valence-electron chi connectivity index (χ2n) is 7.17. The van der Waals surface area contributed by atoms with Crippen molar-refractivity contribution in [2.75, 3.05) is 32.4 Å². The molecule has 0 saturated carbocycles. The number of unbranched alkanes of at least 4 members (excludes halogenated alkanes) is 6. The zero-order chi connectivity index (χ0) is 18.9. The van der Waals surface area contributed by atoms with Crippen molar-refractivity contribution in [2.24, 2.45) is 0 Å². The van der Waals surface area contributed by atoms with Gasteiger partial charge >= 0.3 is 0 Å². The van der Waals surface area contributed by atoms with Gasteiger partial charge in [0.1, 0.15) is 0 Å². The molecule has 0 aliphatic carbocycles. The van der Waals surface area contributed by atoms with Gasteiger partial charge in [0.15, 0.2) is 0 Å². The first-order valence-corrected chi connectivity index (χ1v) is 11.6. The minimum absolute atomic E-state index is 0.201. The zero-order valence-electron chi connectivity index (χ0n) is 17.0. The smallest absolute Gasteiger partial charge is 0.0945 e. The lowest BCUT2D eigenvalue weighted by molar-refractivity contribution is -0.910. The third kappa shape index (κ3) is 19.9. The van der Waals surface area contributed by atoms with E-state index in [1.165, 1.54) is 62.6 Å². The summed E-state index contributed by atoms with van der Waals surface area (Å²) in [4.78, 5) is 0. The van der Waals surface area contributed by atoms with E-state index in [4.69, 9.17) is 0 Å². The highest BCUT2D eigenvalue weighted by Crippen LogP contribution is 2.10. The van der Waals surface area contributed by atoms with E-state index in [1.807, 2.05) is 6.92 Å². The van der Waals surface area contributed by atoms with Crippen molar-refractivity contribution >= 4 is 10.1 Å². The molecule has 5 heteroatoms. The van der Waals surface area contributed by atoms with Crippen molar-refractivity contribution in [3.63, 3.8) is 0 Å². The number of rotatable bonds is 14. The van der Waals surface area contributed by atoms with Crippen LogP contribution in [0, 0.1) is 0 Å². The van der Waals surface area contributed by atoms with Crippen molar-refractivity contribution in [3.8, 4) is 0 Å². The number of quaternary nitrogens is 1. The lowest BCUT2D eigenvalue weighted by Gasteiger charge is -2.34. The maximum absolute atomic E-state index is 10.0. The van der Waals surface area contributed by atoms with Crippen LogP contribution in [-0.4, -0.2) is 49.9 Å². The highest BCUT2D eigenvalue weighted by molar-refractivity contribution is 7.85. The average molecular weight is 366 g/mol. The largest absolute Gasteiger partial charge is 0.748 e. The number of hydrogen-bond donors (Lipinski definition) is 0. The third-order valence-corrected chi connectivity index (χ3v) is 5.19. The van der Waals surface area contributed by atoms with E-state index in [2.05, 4.69) is 27.8 Å². The quantitative estimate of drug-likeness (QED) is 0.249. The monoisotopic (exact) mass is 365 g/mol. The van der Waals surface area contributed by atoms with Gasteiger partial charge in [0, 0.05) is 5.75 Å². The summed E-state index contributed by atoms with van der Waals surface area (Å²) >= 11 is 0. The molecule has 0 unspecified atom stereocenters. The Hall–Kier alpha value is -0.130. The van der Waals surface area contributed by atoms with E-state index in [1.54, 1.807) is 0 Å². The topological polar surface area (TPSA) is 57.2 Å². The molecule has 0 aromatic rings. The van der Waals surface area contributed by atoms with E-state index in [0.717, 1.165) is 19.3 Å². The first-order valence-electron chi connectivity index (χ1n) is 10.0. The highest BCUT2D eigenvalue weighted by atomic mass is 32.2. The normalized spacial score (nSPS) is 11.9. The summed E-state index contributed by atoms with van der Waals surface area (Å²) in [5.41, 5.74) is 0. The van der Waals surface area contributed by atoms with Crippen LogP contribution >= 0.6 is 0 Å². The summed E-state index contributed by atoms with van der Waals surface area (Å²) in [6.07, 6.45) is 11.6. The minimum atomic E-state index is -3.95. The molecule has 0 aromatic heterocycles. The second kappa shape index (κ2) is 16.3. The Balaban J connectivity index is 0. The lowest BCUT2D eigenvalue weighted by Crippen LogP contribution is -2.46. The predicted octanol–water partition coefficient (Wildman–Crippen LogP) is 4.95. The molecule has 0 N–H and O–H groups in total. The summed E-state index contributed by atoms with van der Waals surface area (Å²) < 4.78 is 31.4. The van der Waals surface area contributed by atoms with Crippen LogP contribution in [0.15, 0.2) is 0 Å². The second-order valence-corrected chi connectivity index (χ2v) is 8.70. The van der Waals surface area contributed by atoms with Crippen molar-refractivity contribution in [1.82, 2.24) is 0 Å². The van der Waals surface area contributed by atoms with Crippen LogP contribution in [-0.2, 0) is 10.1 Å². The summed E-state index contributed by atoms with van der Waals surface area (Å²) in [6.45, 7) is 13.1. The Morgan fingerprint density at radius 3 is 1.33 bits per heavy atom. The van der Waals surface area contributed by atoms with Gasteiger partial charge < -0.3 is 9.04 Å². The van der Waals surface area contributed by atoms with Crippen LogP contribution in [0.4, 0.5) is 0 Å². The number of hydrogen-bond acceptors (Lipinski definition) is 3. The van der Waals surface area contributed by atoms with Gasteiger partial charge in [-0.25, -0.2) is 8.42 Å². The standard InChI is InChI=1S/C13H30N.C6H14O3S/c1-5-8-11-14(4,12-9-6-2)13-10-7-3;1-2-3-4-5-6-10(7,8)9/h5-13H2,1-4H3;2-6H2,1H3,(H,7,8,9)/q+1;/p-1. The molecular formula is C19H43NO3S. The van der Waals surface area contributed by atoms with Crippen LogP contribution < -0.4 is 0 Å². The first-order chi connectivity index (χ1) is 11.2. The minimum Gasteiger partial charge on any atom is -0.748 e. The van der Waals surface area contributed by atoms with Crippen LogP contribution in [0.5, 0.6) is 0 Å². The van der Waals surface area contributed by atoms with Crippen LogP contribution in [0.2, 0.25) is 0 Å². The molecule has 0 fully saturated rings. The Morgan fingerprint density at radius 1 is 0.667 bits per heavy atom. The maximum atomic E-state index is 10.0. The Bertz CT molecular complexity index is 334. The molecule has 0 spiro atoms. The van der Waals surface area contributed by atoms with Crippen LogP contribution in [0.1, 0.15) is 91.9 Å². The fourth-order valence-corrected chi connectivity index (χ4v) is 3.22. The van der Waals surface area contributed by atoms with Gasteiger partial charge in [-0.2, -0.15) is 0 Å². The molecule has 0 saturated heterocycles. The molecule has 0 radical (unpaired) electrons. The Labute approximate surface area is 152 Å². The van der Waals surface area contributed by atoms with E-state index >= 15 is 0 Å². The summed E-state index contributed by atoms with van der Waals surface area (Å²) in [7, 11) is -1.51. The van der Waals surface area contributed by atoms with Gasteiger partial charge in [0.25, 0.3) is 0 Å². The zero-order valence-corrected chi connectivity index (χ0v) is 17.8. The van der Waals surface area contributed by atoms with Gasteiger partial charge in [-0.05, 0) is 25.7 Å². The molecule has 148 valence electrons. The molecule has 0 aliphatic heterocycles. The summed E-state index contributed by atoms with van der Waals surface area (Å²) in [6, 6.07) is 0. The highest BCUT2D eigenvalue weighted by Gasteiger charge is 2.18. The van der Waals surface area contributed by atoms with Crippen LogP contribution in [0.25, 0.3) is 0 Å². The molecule has 0 bridgehead atoms.